The fraction of sp³-hybridized carbons (Fsp3) is 0.500. The van der Waals surface area contributed by atoms with E-state index in [1.54, 1.807) is 18.2 Å². The predicted octanol–water partition coefficient (Wildman–Crippen LogP) is 1.39. The molecule has 1 rings (SSSR count). The van der Waals surface area contributed by atoms with Crippen molar-refractivity contribution in [2.45, 2.75) is 19.3 Å². The number of amides is 1. The Morgan fingerprint density at radius 2 is 2.11 bits per heavy atom. The van der Waals surface area contributed by atoms with Crippen LogP contribution in [0.5, 0.6) is 5.75 Å². The van der Waals surface area contributed by atoms with E-state index in [0.29, 0.717) is 13.0 Å². The van der Waals surface area contributed by atoms with Crippen LogP contribution in [0.2, 0.25) is 0 Å². The number of nitrogens with one attached hydrogen (secondary N) is 1. The highest BCUT2D eigenvalue weighted by atomic mass is 16.3. The molecule has 1 amide bonds. The molecule has 0 radical (unpaired) electrons. The zero-order chi connectivity index (χ0) is 13.4. The maximum absolute atomic E-state index is 11.6. The van der Waals surface area contributed by atoms with Crippen molar-refractivity contribution in [3.63, 3.8) is 0 Å². The topological polar surface area (TPSA) is 52.6 Å². The van der Waals surface area contributed by atoms with E-state index in [0.717, 1.165) is 24.9 Å². The number of phenols is 1. The van der Waals surface area contributed by atoms with E-state index in [2.05, 4.69) is 10.2 Å². The minimum Gasteiger partial charge on any atom is -0.508 e. The maximum atomic E-state index is 11.6. The molecular formula is C14H22N2O2. The predicted molar refractivity (Wildman–Crippen MR) is 72.6 cm³/mol. The Labute approximate surface area is 109 Å². The Bertz CT molecular complexity index is 378. The molecule has 0 fully saturated rings. The lowest BCUT2D eigenvalue weighted by Gasteiger charge is -2.09. The van der Waals surface area contributed by atoms with Gasteiger partial charge in [0, 0.05) is 6.54 Å². The van der Waals surface area contributed by atoms with Crippen LogP contribution in [0.15, 0.2) is 24.3 Å². The van der Waals surface area contributed by atoms with Crippen molar-refractivity contribution in [3.8, 4) is 5.75 Å². The molecule has 2 N–H and O–H groups in total. The molecule has 4 heteroatoms. The van der Waals surface area contributed by atoms with Crippen LogP contribution in [0.25, 0.3) is 0 Å². The standard InChI is InChI=1S/C14H22N2O2/c1-16(2)9-4-3-8-15-14(18)11-12-6-5-7-13(17)10-12/h5-7,10,17H,3-4,8-9,11H2,1-2H3,(H,15,18). The van der Waals surface area contributed by atoms with Crippen LogP contribution in [0.3, 0.4) is 0 Å². The molecule has 0 unspecified atom stereocenters. The van der Waals surface area contributed by atoms with Crippen molar-refractivity contribution in [3.05, 3.63) is 29.8 Å². The molecule has 0 bridgehead atoms. The second kappa shape index (κ2) is 7.71. The van der Waals surface area contributed by atoms with Gasteiger partial charge in [-0.05, 0) is 51.2 Å². The van der Waals surface area contributed by atoms with E-state index in [1.165, 1.54) is 0 Å². The lowest BCUT2D eigenvalue weighted by molar-refractivity contribution is -0.120. The van der Waals surface area contributed by atoms with Gasteiger partial charge in [0.2, 0.25) is 5.91 Å². The largest absolute Gasteiger partial charge is 0.508 e. The smallest absolute Gasteiger partial charge is 0.224 e. The van der Waals surface area contributed by atoms with Gasteiger partial charge in [0.05, 0.1) is 6.42 Å². The van der Waals surface area contributed by atoms with Gasteiger partial charge >= 0.3 is 0 Å². The molecule has 0 aliphatic heterocycles. The molecule has 1 aromatic carbocycles. The van der Waals surface area contributed by atoms with Gasteiger partial charge in [-0.1, -0.05) is 12.1 Å². The van der Waals surface area contributed by atoms with Crippen LogP contribution in [-0.4, -0.2) is 43.1 Å². The average Bonchev–Trinajstić information content (AvgIpc) is 2.28. The van der Waals surface area contributed by atoms with Gasteiger partial charge in [0.1, 0.15) is 5.75 Å². The molecule has 0 aromatic heterocycles. The molecule has 0 heterocycles. The van der Waals surface area contributed by atoms with Crippen molar-refractivity contribution in [2.75, 3.05) is 27.2 Å². The van der Waals surface area contributed by atoms with E-state index in [4.69, 9.17) is 0 Å². The van der Waals surface area contributed by atoms with Crippen LogP contribution in [-0.2, 0) is 11.2 Å². The number of aromatic hydroxyl groups is 1. The van der Waals surface area contributed by atoms with Gasteiger partial charge in [-0.2, -0.15) is 0 Å². The Balaban J connectivity index is 2.18. The molecule has 0 atom stereocenters. The van der Waals surface area contributed by atoms with Crippen molar-refractivity contribution in [1.82, 2.24) is 10.2 Å². The van der Waals surface area contributed by atoms with Crippen molar-refractivity contribution in [2.24, 2.45) is 0 Å². The zero-order valence-corrected chi connectivity index (χ0v) is 11.1. The first-order valence-corrected chi connectivity index (χ1v) is 6.27. The van der Waals surface area contributed by atoms with Crippen LogP contribution in [0.4, 0.5) is 0 Å². The molecule has 18 heavy (non-hydrogen) atoms. The summed E-state index contributed by atoms with van der Waals surface area (Å²) >= 11 is 0. The summed E-state index contributed by atoms with van der Waals surface area (Å²) in [5.41, 5.74) is 0.834. The number of phenolic OH excluding ortho intramolecular Hbond substituents is 1. The maximum Gasteiger partial charge on any atom is 0.224 e. The summed E-state index contributed by atoms with van der Waals surface area (Å²) in [6, 6.07) is 6.80. The first-order valence-electron chi connectivity index (χ1n) is 6.27. The normalized spacial score (nSPS) is 10.6. The Morgan fingerprint density at radius 3 is 2.78 bits per heavy atom. The first-order chi connectivity index (χ1) is 8.58. The fourth-order valence-electron chi connectivity index (χ4n) is 1.70. The van der Waals surface area contributed by atoms with Crippen LogP contribution >= 0.6 is 0 Å². The molecular weight excluding hydrogens is 228 g/mol. The number of carbonyl (C=O) groups is 1. The molecule has 0 aliphatic carbocycles. The molecule has 0 saturated carbocycles. The van der Waals surface area contributed by atoms with E-state index in [-0.39, 0.29) is 11.7 Å². The summed E-state index contributed by atoms with van der Waals surface area (Å²) in [5, 5.41) is 12.2. The van der Waals surface area contributed by atoms with Crippen molar-refractivity contribution < 1.29 is 9.90 Å². The van der Waals surface area contributed by atoms with Crippen LogP contribution in [0, 0.1) is 0 Å². The number of rotatable bonds is 7. The van der Waals surface area contributed by atoms with Gasteiger partial charge in [-0.25, -0.2) is 0 Å². The third-order valence-electron chi connectivity index (χ3n) is 2.63. The highest BCUT2D eigenvalue weighted by molar-refractivity contribution is 5.78. The number of nitrogens with zero attached hydrogens (tertiary/aromatic N) is 1. The minimum absolute atomic E-state index is 0.00505. The van der Waals surface area contributed by atoms with Gasteiger partial charge in [-0.15, -0.1) is 0 Å². The van der Waals surface area contributed by atoms with E-state index in [9.17, 15) is 9.90 Å². The number of hydrogen-bond donors (Lipinski definition) is 2. The van der Waals surface area contributed by atoms with Crippen LogP contribution in [0.1, 0.15) is 18.4 Å². The lowest BCUT2D eigenvalue weighted by Crippen LogP contribution is -2.26. The Kier molecular flexibility index (Phi) is 6.22. The summed E-state index contributed by atoms with van der Waals surface area (Å²) < 4.78 is 0. The van der Waals surface area contributed by atoms with Crippen molar-refractivity contribution in [1.29, 1.82) is 0 Å². The number of benzene rings is 1. The third-order valence-corrected chi connectivity index (χ3v) is 2.63. The molecule has 100 valence electrons. The van der Waals surface area contributed by atoms with Gasteiger partial charge in [-0.3, -0.25) is 4.79 Å². The SMILES string of the molecule is CN(C)CCCCNC(=O)Cc1cccc(O)c1. The number of hydrogen-bond acceptors (Lipinski definition) is 3. The first kappa shape index (κ1) is 14.5. The molecule has 1 aromatic rings. The Morgan fingerprint density at radius 1 is 1.33 bits per heavy atom. The second-order valence-corrected chi connectivity index (χ2v) is 4.71. The fourth-order valence-corrected chi connectivity index (χ4v) is 1.70. The summed E-state index contributed by atoms with van der Waals surface area (Å²) in [6.45, 7) is 1.76. The highest BCUT2D eigenvalue weighted by Crippen LogP contribution is 2.11. The van der Waals surface area contributed by atoms with Gasteiger partial charge < -0.3 is 15.3 Å². The monoisotopic (exact) mass is 250 g/mol. The number of carbonyl (C=O) groups excluding carboxylic acids is 1. The van der Waals surface area contributed by atoms with Crippen LogP contribution < -0.4 is 5.32 Å². The summed E-state index contributed by atoms with van der Waals surface area (Å²) in [4.78, 5) is 13.8. The second-order valence-electron chi connectivity index (χ2n) is 4.71. The Hall–Kier alpha value is -1.55. The quantitative estimate of drug-likeness (QED) is 0.719. The van der Waals surface area contributed by atoms with E-state index >= 15 is 0 Å². The molecule has 0 aliphatic rings. The molecule has 0 saturated heterocycles. The van der Waals surface area contributed by atoms with E-state index < -0.39 is 0 Å². The minimum atomic E-state index is 0.00505. The zero-order valence-electron chi connectivity index (χ0n) is 11.1. The summed E-state index contributed by atoms with van der Waals surface area (Å²) in [5.74, 6) is 0.205. The summed E-state index contributed by atoms with van der Waals surface area (Å²) in [7, 11) is 4.08. The lowest BCUT2D eigenvalue weighted by atomic mass is 10.1. The van der Waals surface area contributed by atoms with E-state index in [1.807, 2.05) is 20.2 Å². The highest BCUT2D eigenvalue weighted by Gasteiger charge is 2.03. The summed E-state index contributed by atoms with van der Waals surface area (Å²) in [6.07, 6.45) is 2.39. The number of unbranched alkanes of at least 4 members (excludes halogenated alkanes) is 1. The average molecular weight is 250 g/mol. The van der Waals surface area contributed by atoms with Gasteiger partial charge in [0.25, 0.3) is 0 Å². The van der Waals surface area contributed by atoms with Gasteiger partial charge in [0.15, 0.2) is 0 Å². The third kappa shape index (κ3) is 6.25. The van der Waals surface area contributed by atoms with Crippen molar-refractivity contribution >= 4 is 5.91 Å². The molecule has 4 nitrogen and oxygen atoms in total. The molecule has 0 spiro atoms.